The van der Waals surface area contributed by atoms with Crippen molar-refractivity contribution in [2.24, 2.45) is 11.7 Å². The van der Waals surface area contributed by atoms with E-state index in [9.17, 15) is 4.79 Å². The van der Waals surface area contributed by atoms with Crippen LogP contribution in [0.1, 0.15) is 36.5 Å². The normalized spacial score (nSPS) is 15.0. The molecule has 1 amide bonds. The molecule has 0 heterocycles. The van der Waals surface area contributed by atoms with Crippen molar-refractivity contribution in [2.75, 3.05) is 13.2 Å². The molecule has 1 aliphatic rings. The van der Waals surface area contributed by atoms with Crippen LogP contribution in [0.5, 0.6) is 5.75 Å². The molecule has 0 spiro atoms. The van der Waals surface area contributed by atoms with Gasteiger partial charge < -0.3 is 15.8 Å². The van der Waals surface area contributed by atoms with E-state index in [-0.39, 0.29) is 24.4 Å². The molecule has 0 aliphatic heterocycles. The van der Waals surface area contributed by atoms with E-state index in [1.54, 1.807) is 18.2 Å². The molecule has 0 saturated heterocycles. The predicted octanol–water partition coefficient (Wildman–Crippen LogP) is 3.02. The van der Waals surface area contributed by atoms with Gasteiger partial charge in [-0.2, -0.15) is 0 Å². The summed E-state index contributed by atoms with van der Waals surface area (Å²) in [4.78, 5) is 12.4. The van der Waals surface area contributed by atoms with Crippen LogP contribution >= 0.6 is 24.0 Å². The highest BCUT2D eigenvalue weighted by molar-refractivity contribution is 6.31. The van der Waals surface area contributed by atoms with Crippen LogP contribution in [0, 0.1) is 5.92 Å². The van der Waals surface area contributed by atoms with Crippen molar-refractivity contribution < 1.29 is 9.53 Å². The first-order valence-corrected chi connectivity index (χ1v) is 7.46. The van der Waals surface area contributed by atoms with E-state index in [1.807, 2.05) is 6.92 Å². The van der Waals surface area contributed by atoms with Gasteiger partial charge in [-0.15, -0.1) is 12.4 Å². The number of carbonyl (C=O) groups excluding carboxylic acids is 1. The third-order valence-corrected chi connectivity index (χ3v) is 3.64. The van der Waals surface area contributed by atoms with Gasteiger partial charge in [-0.1, -0.05) is 18.5 Å². The molecule has 1 atom stereocenters. The molecule has 0 aromatic heterocycles. The Balaban J connectivity index is 0.00000220. The number of halogens is 2. The summed E-state index contributed by atoms with van der Waals surface area (Å²) >= 11 is 5.98. The summed E-state index contributed by atoms with van der Waals surface area (Å²) in [5.74, 6) is 0.921. The predicted molar refractivity (Wildman–Crippen MR) is 87.5 cm³/mol. The van der Waals surface area contributed by atoms with E-state index in [1.165, 1.54) is 0 Å². The number of hydrogen-bond acceptors (Lipinski definition) is 3. The van der Waals surface area contributed by atoms with Crippen LogP contribution in [0.3, 0.4) is 0 Å². The number of hydrogen-bond donors (Lipinski definition) is 2. The molecule has 4 nitrogen and oxygen atoms in total. The number of nitrogens with one attached hydrogen (secondary N) is 1. The summed E-state index contributed by atoms with van der Waals surface area (Å²) in [6, 6.07) is 5.15. The molecule has 3 N–H and O–H groups in total. The van der Waals surface area contributed by atoms with Crippen molar-refractivity contribution >= 4 is 29.9 Å². The van der Waals surface area contributed by atoms with Crippen LogP contribution in [0.4, 0.5) is 0 Å². The molecule has 2 rings (SSSR count). The van der Waals surface area contributed by atoms with E-state index in [0.29, 0.717) is 35.4 Å². The molecule has 1 aromatic rings. The molecular formula is C15H22Cl2N2O2. The van der Waals surface area contributed by atoms with E-state index in [2.05, 4.69) is 5.32 Å². The third-order valence-electron chi connectivity index (χ3n) is 3.41. The average molecular weight is 333 g/mol. The molecule has 21 heavy (non-hydrogen) atoms. The average Bonchev–Trinajstić information content (AvgIpc) is 3.27. The number of benzene rings is 1. The van der Waals surface area contributed by atoms with E-state index < -0.39 is 0 Å². The SMILES string of the molecule is CCCOc1ccc(Cl)cc1C(=O)NC(CN)C1CC1.Cl. The van der Waals surface area contributed by atoms with Gasteiger partial charge in [0.15, 0.2) is 0 Å². The molecule has 1 aromatic carbocycles. The molecule has 1 aliphatic carbocycles. The zero-order valence-corrected chi connectivity index (χ0v) is 13.7. The van der Waals surface area contributed by atoms with Crippen molar-refractivity contribution in [1.82, 2.24) is 5.32 Å². The summed E-state index contributed by atoms with van der Waals surface area (Å²) in [7, 11) is 0. The van der Waals surface area contributed by atoms with Gasteiger partial charge in [-0.3, -0.25) is 4.79 Å². The van der Waals surface area contributed by atoms with E-state index in [0.717, 1.165) is 19.3 Å². The molecule has 1 fully saturated rings. The third kappa shape index (κ3) is 5.06. The van der Waals surface area contributed by atoms with Gasteiger partial charge >= 0.3 is 0 Å². The summed E-state index contributed by atoms with van der Waals surface area (Å²) in [6.45, 7) is 3.06. The van der Waals surface area contributed by atoms with Gasteiger partial charge in [0, 0.05) is 17.6 Å². The quantitative estimate of drug-likeness (QED) is 0.806. The van der Waals surface area contributed by atoms with Crippen molar-refractivity contribution in [1.29, 1.82) is 0 Å². The minimum absolute atomic E-state index is 0. The fourth-order valence-electron chi connectivity index (χ4n) is 2.13. The smallest absolute Gasteiger partial charge is 0.255 e. The lowest BCUT2D eigenvalue weighted by Gasteiger charge is -2.17. The second-order valence-corrected chi connectivity index (χ2v) is 5.58. The molecule has 0 bridgehead atoms. The van der Waals surface area contributed by atoms with E-state index in [4.69, 9.17) is 22.1 Å². The van der Waals surface area contributed by atoms with Crippen LogP contribution in [-0.4, -0.2) is 25.1 Å². The van der Waals surface area contributed by atoms with Crippen molar-refractivity contribution in [2.45, 2.75) is 32.2 Å². The lowest BCUT2D eigenvalue weighted by atomic mass is 10.1. The Hall–Kier alpha value is -0.970. The standard InChI is InChI=1S/C15H21ClN2O2.ClH/c1-2-7-20-14-6-5-11(16)8-12(14)15(19)18-13(9-17)10-3-4-10;/h5-6,8,10,13H,2-4,7,9,17H2,1H3,(H,18,19);1H. The summed E-state index contributed by atoms with van der Waals surface area (Å²) < 4.78 is 5.60. The van der Waals surface area contributed by atoms with Gasteiger partial charge in [0.2, 0.25) is 0 Å². The Kier molecular flexibility index (Phi) is 7.29. The number of rotatable bonds is 7. The summed E-state index contributed by atoms with van der Waals surface area (Å²) in [6.07, 6.45) is 3.16. The summed E-state index contributed by atoms with van der Waals surface area (Å²) in [5.41, 5.74) is 6.19. The first-order chi connectivity index (χ1) is 9.65. The van der Waals surface area contributed by atoms with Gasteiger partial charge in [0.1, 0.15) is 5.75 Å². The van der Waals surface area contributed by atoms with Gasteiger partial charge in [0.25, 0.3) is 5.91 Å². The molecule has 0 radical (unpaired) electrons. The largest absolute Gasteiger partial charge is 0.493 e. The summed E-state index contributed by atoms with van der Waals surface area (Å²) in [5, 5.41) is 3.51. The fourth-order valence-corrected chi connectivity index (χ4v) is 2.30. The minimum Gasteiger partial charge on any atom is -0.493 e. The minimum atomic E-state index is -0.166. The van der Waals surface area contributed by atoms with Gasteiger partial charge in [-0.25, -0.2) is 0 Å². The van der Waals surface area contributed by atoms with Crippen LogP contribution in [0.2, 0.25) is 5.02 Å². The Morgan fingerprint density at radius 2 is 2.24 bits per heavy atom. The van der Waals surface area contributed by atoms with Crippen LogP contribution in [-0.2, 0) is 0 Å². The van der Waals surface area contributed by atoms with Gasteiger partial charge in [-0.05, 0) is 43.4 Å². The zero-order valence-electron chi connectivity index (χ0n) is 12.1. The Morgan fingerprint density at radius 1 is 1.52 bits per heavy atom. The highest BCUT2D eigenvalue weighted by Gasteiger charge is 2.31. The fraction of sp³-hybridized carbons (Fsp3) is 0.533. The number of amides is 1. The highest BCUT2D eigenvalue weighted by Crippen LogP contribution is 2.32. The zero-order chi connectivity index (χ0) is 14.5. The number of ether oxygens (including phenoxy) is 1. The maximum absolute atomic E-state index is 12.4. The molecule has 6 heteroatoms. The Bertz CT molecular complexity index is 479. The molecule has 118 valence electrons. The van der Waals surface area contributed by atoms with Crippen molar-refractivity contribution in [3.8, 4) is 5.75 Å². The Morgan fingerprint density at radius 3 is 2.81 bits per heavy atom. The van der Waals surface area contributed by atoms with Crippen LogP contribution < -0.4 is 15.8 Å². The van der Waals surface area contributed by atoms with E-state index >= 15 is 0 Å². The first kappa shape index (κ1) is 18.1. The van der Waals surface area contributed by atoms with Crippen LogP contribution in [0.25, 0.3) is 0 Å². The number of carbonyl (C=O) groups is 1. The Labute approximate surface area is 136 Å². The van der Waals surface area contributed by atoms with Crippen LogP contribution in [0.15, 0.2) is 18.2 Å². The topological polar surface area (TPSA) is 64.3 Å². The lowest BCUT2D eigenvalue weighted by molar-refractivity contribution is 0.0929. The molecule has 1 unspecified atom stereocenters. The second kappa shape index (κ2) is 8.47. The number of nitrogens with two attached hydrogens (primary N) is 1. The second-order valence-electron chi connectivity index (χ2n) is 5.14. The maximum atomic E-state index is 12.4. The van der Waals surface area contributed by atoms with Gasteiger partial charge in [0.05, 0.1) is 12.2 Å². The molecular weight excluding hydrogens is 311 g/mol. The van der Waals surface area contributed by atoms with Crippen molar-refractivity contribution in [3.63, 3.8) is 0 Å². The van der Waals surface area contributed by atoms with Crippen molar-refractivity contribution in [3.05, 3.63) is 28.8 Å². The monoisotopic (exact) mass is 332 g/mol. The highest BCUT2D eigenvalue weighted by atomic mass is 35.5. The maximum Gasteiger partial charge on any atom is 0.255 e. The first-order valence-electron chi connectivity index (χ1n) is 7.09. The molecule has 1 saturated carbocycles. The lowest BCUT2D eigenvalue weighted by Crippen LogP contribution is -2.41.